The predicted molar refractivity (Wildman–Crippen MR) is 140 cm³/mol. The lowest BCUT2D eigenvalue weighted by atomic mass is 9.77. The molecule has 0 bridgehead atoms. The first-order chi connectivity index (χ1) is 17.6. The Kier molecular flexibility index (Phi) is 6.95. The second-order valence-electron chi connectivity index (χ2n) is 8.67. The van der Waals surface area contributed by atoms with Crippen molar-refractivity contribution in [1.29, 1.82) is 0 Å². The van der Waals surface area contributed by atoms with Gasteiger partial charge in [-0.25, -0.2) is 10.1 Å². The highest BCUT2D eigenvalue weighted by molar-refractivity contribution is 7.99. The average molecular weight is 505 g/mol. The lowest BCUT2D eigenvalue weighted by Crippen LogP contribution is -2.32. The molecule has 0 saturated heterocycles. The van der Waals surface area contributed by atoms with E-state index in [1.165, 1.54) is 17.3 Å². The van der Waals surface area contributed by atoms with Crippen LogP contribution in [0.2, 0.25) is 0 Å². The number of amides is 1. The van der Waals surface area contributed by atoms with Gasteiger partial charge in [0.2, 0.25) is 11.1 Å². The summed E-state index contributed by atoms with van der Waals surface area (Å²) in [4.78, 5) is 17.5. The number of allylic oxidation sites excluding steroid dienone is 1. The number of nitrogens with one attached hydrogen (secondary N) is 1. The first-order valence-electron chi connectivity index (χ1n) is 11.8. The molecule has 1 aliphatic heterocycles. The summed E-state index contributed by atoms with van der Waals surface area (Å²) >= 11 is 1.24. The van der Waals surface area contributed by atoms with E-state index in [1.807, 2.05) is 48.5 Å². The summed E-state index contributed by atoms with van der Waals surface area (Å²) in [6.07, 6.45) is 5.09. The number of nitrogens with zero attached hydrogens (tertiary/aromatic N) is 4. The van der Waals surface area contributed by atoms with E-state index in [0.29, 0.717) is 5.16 Å². The van der Waals surface area contributed by atoms with E-state index in [1.54, 1.807) is 19.2 Å². The van der Waals surface area contributed by atoms with Crippen molar-refractivity contribution >= 4 is 35.4 Å². The van der Waals surface area contributed by atoms with Crippen molar-refractivity contribution in [2.24, 2.45) is 11.0 Å². The van der Waals surface area contributed by atoms with Gasteiger partial charge >= 0.3 is 0 Å². The number of hydrazone groups is 1. The molecule has 0 spiro atoms. The Morgan fingerprint density at radius 3 is 2.47 bits per heavy atom. The van der Waals surface area contributed by atoms with Gasteiger partial charge in [0.15, 0.2) is 0 Å². The number of nitrogens with two attached hydrogens (primary N) is 1. The van der Waals surface area contributed by atoms with Crippen LogP contribution in [-0.2, 0) is 4.79 Å². The highest BCUT2D eigenvalue weighted by Gasteiger charge is 2.43. The Hall–Kier alpha value is -3.79. The molecule has 2 unspecified atom stereocenters. The molecule has 2 aromatic carbocycles. The first kappa shape index (κ1) is 23.9. The van der Waals surface area contributed by atoms with Gasteiger partial charge in [-0.2, -0.15) is 10.1 Å². The zero-order valence-electron chi connectivity index (χ0n) is 20.2. The van der Waals surface area contributed by atoms with Gasteiger partial charge in [-0.05, 0) is 66.3 Å². The number of H-pyrrole nitrogens is 1. The SMILES string of the molecule is COc1ccc(C=C2CCCC3C2=NN(C(=O)CSc2n[nH]c(N)n2)C3c2ccc(OC)cc2)cc1. The quantitative estimate of drug-likeness (QED) is 0.460. The van der Waals surface area contributed by atoms with Gasteiger partial charge in [-0.15, -0.1) is 5.10 Å². The monoisotopic (exact) mass is 504 g/mol. The maximum absolute atomic E-state index is 13.5. The second-order valence-corrected chi connectivity index (χ2v) is 9.62. The number of nitrogen functional groups attached to an aromatic ring is 1. The van der Waals surface area contributed by atoms with E-state index >= 15 is 0 Å². The van der Waals surface area contributed by atoms with Crippen LogP contribution in [0.15, 0.2) is 64.4 Å². The Bertz CT molecular complexity index is 1290. The summed E-state index contributed by atoms with van der Waals surface area (Å²) in [5.74, 6) is 1.99. The second kappa shape index (κ2) is 10.4. The van der Waals surface area contributed by atoms with Gasteiger partial charge in [0.25, 0.3) is 5.91 Å². The molecule has 0 radical (unpaired) electrons. The van der Waals surface area contributed by atoms with Crippen molar-refractivity contribution in [2.75, 3.05) is 25.7 Å². The molecule has 2 aliphatic rings. The molecular weight excluding hydrogens is 476 g/mol. The van der Waals surface area contributed by atoms with E-state index < -0.39 is 0 Å². The fourth-order valence-electron chi connectivity index (χ4n) is 4.76. The Morgan fingerprint density at radius 1 is 1.14 bits per heavy atom. The number of benzene rings is 2. The number of rotatable bonds is 7. The molecule has 5 rings (SSSR count). The molecule has 1 aliphatic carbocycles. The molecule has 1 saturated carbocycles. The molecule has 1 aromatic heterocycles. The van der Waals surface area contributed by atoms with E-state index in [0.717, 1.165) is 47.6 Å². The third-order valence-electron chi connectivity index (χ3n) is 6.48. The molecule has 10 heteroatoms. The molecule has 3 N–H and O–H groups in total. The third kappa shape index (κ3) is 4.94. The number of hydrogen-bond donors (Lipinski definition) is 2. The molecule has 2 heterocycles. The van der Waals surface area contributed by atoms with Crippen molar-refractivity contribution in [1.82, 2.24) is 20.2 Å². The van der Waals surface area contributed by atoms with Gasteiger partial charge in [-0.1, -0.05) is 36.0 Å². The maximum atomic E-state index is 13.5. The molecular formula is C26H28N6O3S. The number of aromatic nitrogens is 3. The summed E-state index contributed by atoms with van der Waals surface area (Å²) in [7, 11) is 3.30. The molecule has 3 aromatic rings. The molecule has 186 valence electrons. The molecule has 36 heavy (non-hydrogen) atoms. The lowest BCUT2D eigenvalue weighted by molar-refractivity contribution is -0.130. The summed E-state index contributed by atoms with van der Waals surface area (Å²) < 4.78 is 10.6. The van der Waals surface area contributed by atoms with Gasteiger partial charge in [0.1, 0.15) is 11.5 Å². The van der Waals surface area contributed by atoms with Crippen molar-refractivity contribution in [3.8, 4) is 11.5 Å². The van der Waals surface area contributed by atoms with Crippen molar-refractivity contribution in [2.45, 2.75) is 30.5 Å². The van der Waals surface area contributed by atoms with Crippen LogP contribution < -0.4 is 15.2 Å². The highest BCUT2D eigenvalue weighted by atomic mass is 32.2. The number of thioether (sulfide) groups is 1. The van der Waals surface area contributed by atoms with Gasteiger partial charge in [0.05, 0.1) is 31.7 Å². The predicted octanol–water partition coefficient (Wildman–Crippen LogP) is 4.32. The number of fused-ring (bicyclic) bond motifs is 1. The van der Waals surface area contributed by atoms with Crippen LogP contribution in [0.3, 0.4) is 0 Å². The van der Waals surface area contributed by atoms with Crippen LogP contribution in [0, 0.1) is 5.92 Å². The van der Waals surface area contributed by atoms with E-state index in [-0.39, 0.29) is 29.6 Å². The number of carbonyl (C=O) groups excluding carboxylic acids is 1. The number of aromatic amines is 1. The number of methoxy groups -OCH3 is 2. The molecule has 1 amide bonds. The number of anilines is 1. The molecule has 1 fully saturated rings. The number of ether oxygens (including phenoxy) is 2. The number of carbonyl (C=O) groups is 1. The van der Waals surface area contributed by atoms with Gasteiger partial charge < -0.3 is 15.2 Å². The van der Waals surface area contributed by atoms with Crippen LogP contribution >= 0.6 is 11.8 Å². The lowest BCUT2D eigenvalue weighted by Gasteiger charge is -2.29. The van der Waals surface area contributed by atoms with Crippen molar-refractivity contribution < 1.29 is 14.3 Å². The summed E-state index contributed by atoms with van der Waals surface area (Å²) in [6, 6.07) is 15.7. The largest absolute Gasteiger partial charge is 0.497 e. The number of hydrogen-bond acceptors (Lipinski definition) is 8. The van der Waals surface area contributed by atoms with Crippen molar-refractivity contribution in [3.63, 3.8) is 0 Å². The molecule has 9 nitrogen and oxygen atoms in total. The van der Waals surface area contributed by atoms with Crippen molar-refractivity contribution in [3.05, 3.63) is 65.2 Å². The zero-order valence-corrected chi connectivity index (χ0v) is 21.0. The van der Waals surface area contributed by atoms with Crippen LogP contribution in [0.1, 0.15) is 36.4 Å². The smallest absolute Gasteiger partial charge is 0.253 e. The summed E-state index contributed by atoms with van der Waals surface area (Å²) in [5, 5.41) is 13.6. The molecule has 2 atom stereocenters. The Balaban J connectivity index is 1.46. The standard InChI is InChI=1S/C26H28N6O3S/c1-34-19-10-6-16(7-11-19)14-18-4-3-5-21-23(18)31-32(22(33)15-36-26-28-25(27)29-30-26)24(21)17-8-12-20(35-2)13-9-17/h6-14,21,24H,3-5,15H2,1-2H3,(H3,27,28,29,30). The van der Waals surface area contributed by atoms with Crippen LogP contribution in [0.25, 0.3) is 6.08 Å². The van der Waals surface area contributed by atoms with Crippen LogP contribution in [0.4, 0.5) is 5.95 Å². The topological polar surface area (TPSA) is 119 Å². The maximum Gasteiger partial charge on any atom is 0.253 e. The third-order valence-corrected chi connectivity index (χ3v) is 7.31. The first-order valence-corrected chi connectivity index (χ1v) is 12.7. The minimum absolute atomic E-state index is 0.102. The summed E-state index contributed by atoms with van der Waals surface area (Å²) in [5.41, 5.74) is 9.88. The van der Waals surface area contributed by atoms with Gasteiger partial charge in [-0.3, -0.25) is 4.79 Å². The van der Waals surface area contributed by atoms with Crippen LogP contribution in [0.5, 0.6) is 11.5 Å². The highest BCUT2D eigenvalue weighted by Crippen LogP contribution is 2.45. The van der Waals surface area contributed by atoms with E-state index in [4.69, 9.17) is 20.3 Å². The minimum Gasteiger partial charge on any atom is -0.497 e. The Morgan fingerprint density at radius 2 is 1.83 bits per heavy atom. The summed E-state index contributed by atoms with van der Waals surface area (Å²) in [6.45, 7) is 0. The zero-order chi connectivity index (χ0) is 25.1. The van der Waals surface area contributed by atoms with E-state index in [9.17, 15) is 4.79 Å². The Labute approximate surface area is 213 Å². The van der Waals surface area contributed by atoms with E-state index in [2.05, 4.69) is 21.3 Å². The fraction of sp³-hybridized carbons (Fsp3) is 0.308. The minimum atomic E-state index is -0.184. The average Bonchev–Trinajstić information content (AvgIpc) is 3.52. The normalized spacial score (nSPS) is 20.2. The van der Waals surface area contributed by atoms with Crippen LogP contribution in [-0.4, -0.2) is 51.8 Å². The van der Waals surface area contributed by atoms with Gasteiger partial charge in [0, 0.05) is 5.92 Å². The fourth-order valence-corrected chi connectivity index (χ4v) is 5.42.